The normalized spacial score (nSPS) is 15.1. The molecule has 2 aromatic carbocycles. The zero-order valence-electron chi connectivity index (χ0n) is 12.6. The monoisotopic (exact) mass is 359 g/mol. The lowest BCUT2D eigenvalue weighted by atomic mass is 9.95. The molecular formula is C16H10ClN3O5. The fourth-order valence-electron chi connectivity index (χ4n) is 2.76. The lowest BCUT2D eigenvalue weighted by Crippen LogP contribution is -2.18. The van der Waals surface area contributed by atoms with Crippen molar-refractivity contribution < 1.29 is 19.2 Å². The molecule has 126 valence electrons. The first-order chi connectivity index (χ1) is 12.0. The van der Waals surface area contributed by atoms with Crippen molar-refractivity contribution in [3.63, 3.8) is 0 Å². The van der Waals surface area contributed by atoms with Crippen molar-refractivity contribution >= 4 is 28.9 Å². The van der Waals surface area contributed by atoms with Crippen LogP contribution in [0.15, 0.2) is 35.4 Å². The quantitative estimate of drug-likeness (QED) is 0.655. The van der Waals surface area contributed by atoms with Crippen LogP contribution in [0.5, 0.6) is 11.5 Å². The van der Waals surface area contributed by atoms with Gasteiger partial charge in [-0.1, -0.05) is 11.6 Å². The molecule has 4 rings (SSSR count). The average Bonchev–Trinajstić information content (AvgIpc) is 2.96. The van der Waals surface area contributed by atoms with Crippen molar-refractivity contribution in [3.05, 3.63) is 62.2 Å². The van der Waals surface area contributed by atoms with Crippen molar-refractivity contribution in [2.24, 2.45) is 5.10 Å². The summed E-state index contributed by atoms with van der Waals surface area (Å²) in [5, 5.41) is 15.2. The Kier molecular flexibility index (Phi) is 3.54. The third kappa shape index (κ3) is 2.66. The zero-order valence-corrected chi connectivity index (χ0v) is 13.4. The minimum Gasteiger partial charge on any atom is -0.454 e. The standard InChI is InChI=1S/C16H10ClN3O5/c17-12-5-9(20(22)23)1-2-10(12)16-11-6-14-13(24-7-25-14)3-8(11)4-15(21)18-19-16/h1-3,5-6H,4,7H2,(H,18,21). The second-order valence-corrected chi connectivity index (χ2v) is 5.86. The zero-order chi connectivity index (χ0) is 17.6. The van der Waals surface area contributed by atoms with Gasteiger partial charge in [0.2, 0.25) is 12.7 Å². The van der Waals surface area contributed by atoms with E-state index in [0.29, 0.717) is 33.9 Å². The predicted octanol–water partition coefficient (Wildman–Crippen LogP) is 2.40. The molecule has 0 atom stereocenters. The Hall–Kier alpha value is -3.13. The number of benzene rings is 2. The molecule has 0 saturated heterocycles. The maximum absolute atomic E-state index is 11.9. The Balaban J connectivity index is 1.88. The number of nitrogens with zero attached hydrogens (tertiary/aromatic N) is 2. The van der Waals surface area contributed by atoms with Gasteiger partial charge >= 0.3 is 0 Å². The van der Waals surface area contributed by atoms with Crippen LogP contribution in [0, 0.1) is 10.1 Å². The predicted molar refractivity (Wildman–Crippen MR) is 88.2 cm³/mol. The molecular weight excluding hydrogens is 350 g/mol. The first-order valence-corrected chi connectivity index (χ1v) is 7.64. The summed E-state index contributed by atoms with van der Waals surface area (Å²) in [4.78, 5) is 22.3. The van der Waals surface area contributed by atoms with E-state index in [2.05, 4.69) is 10.5 Å². The maximum Gasteiger partial charge on any atom is 0.270 e. The largest absolute Gasteiger partial charge is 0.454 e. The van der Waals surface area contributed by atoms with E-state index in [1.165, 1.54) is 18.2 Å². The van der Waals surface area contributed by atoms with E-state index in [-0.39, 0.29) is 29.8 Å². The van der Waals surface area contributed by atoms with Crippen LogP contribution in [0.3, 0.4) is 0 Å². The summed E-state index contributed by atoms with van der Waals surface area (Å²) in [5.41, 5.74) is 4.55. The van der Waals surface area contributed by atoms with Gasteiger partial charge in [-0.3, -0.25) is 14.9 Å². The van der Waals surface area contributed by atoms with E-state index in [1.807, 2.05) is 0 Å². The number of nitrogens with one attached hydrogen (secondary N) is 1. The molecule has 1 N–H and O–H groups in total. The van der Waals surface area contributed by atoms with Crippen LogP contribution in [-0.4, -0.2) is 23.3 Å². The Morgan fingerprint density at radius 2 is 1.92 bits per heavy atom. The van der Waals surface area contributed by atoms with Crippen LogP contribution < -0.4 is 14.9 Å². The van der Waals surface area contributed by atoms with E-state index < -0.39 is 4.92 Å². The number of hydrogen-bond donors (Lipinski definition) is 1. The lowest BCUT2D eigenvalue weighted by Gasteiger charge is -2.11. The molecule has 8 nitrogen and oxygen atoms in total. The van der Waals surface area contributed by atoms with Gasteiger partial charge in [0.05, 0.1) is 22.1 Å². The number of carbonyl (C=O) groups is 1. The minimum absolute atomic E-state index is 0.106. The SMILES string of the molecule is O=C1Cc2cc3c(cc2C(c2ccc([N+](=O)[O-])cc2Cl)=NN1)OCO3. The molecule has 0 fully saturated rings. The Labute approximate surface area is 146 Å². The van der Waals surface area contributed by atoms with Crippen molar-refractivity contribution in [2.75, 3.05) is 6.79 Å². The van der Waals surface area contributed by atoms with Gasteiger partial charge in [0.15, 0.2) is 11.5 Å². The van der Waals surface area contributed by atoms with Crippen molar-refractivity contribution in [3.8, 4) is 11.5 Å². The third-order valence-electron chi connectivity index (χ3n) is 3.92. The van der Waals surface area contributed by atoms with Gasteiger partial charge in [-0.2, -0.15) is 5.10 Å². The van der Waals surface area contributed by atoms with Crippen molar-refractivity contribution in [1.82, 2.24) is 5.43 Å². The molecule has 0 unspecified atom stereocenters. The number of fused-ring (bicyclic) bond motifs is 2. The molecule has 2 aliphatic heterocycles. The van der Waals surface area contributed by atoms with Crippen molar-refractivity contribution in [2.45, 2.75) is 6.42 Å². The highest BCUT2D eigenvalue weighted by Gasteiger charge is 2.25. The summed E-state index contributed by atoms with van der Waals surface area (Å²) in [6, 6.07) is 7.55. The molecule has 25 heavy (non-hydrogen) atoms. The summed E-state index contributed by atoms with van der Waals surface area (Å²) in [7, 11) is 0. The number of carbonyl (C=O) groups excluding carboxylic acids is 1. The highest BCUT2D eigenvalue weighted by molar-refractivity contribution is 6.36. The molecule has 0 radical (unpaired) electrons. The van der Waals surface area contributed by atoms with Gasteiger partial charge < -0.3 is 9.47 Å². The second-order valence-electron chi connectivity index (χ2n) is 5.46. The fraction of sp³-hybridized carbons (Fsp3) is 0.125. The summed E-state index contributed by atoms with van der Waals surface area (Å²) < 4.78 is 10.7. The summed E-state index contributed by atoms with van der Waals surface area (Å²) in [6.45, 7) is 0.106. The highest BCUT2D eigenvalue weighted by atomic mass is 35.5. The van der Waals surface area contributed by atoms with Gasteiger partial charge in [-0.15, -0.1) is 0 Å². The minimum atomic E-state index is -0.529. The number of hydrazone groups is 1. The van der Waals surface area contributed by atoms with Gasteiger partial charge in [0.1, 0.15) is 0 Å². The van der Waals surface area contributed by atoms with Crippen LogP contribution in [0.25, 0.3) is 0 Å². The molecule has 2 aliphatic rings. The topological polar surface area (TPSA) is 103 Å². The first kappa shape index (κ1) is 15.4. The van der Waals surface area contributed by atoms with E-state index in [9.17, 15) is 14.9 Å². The third-order valence-corrected chi connectivity index (χ3v) is 4.23. The molecule has 0 aliphatic carbocycles. The van der Waals surface area contributed by atoms with Crippen LogP contribution in [-0.2, 0) is 11.2 Å². The summed E-state index contributed by atoms with van der Waals surface area (Å²) in [5.74, 6) is 0.814. The molecule has 2 aromatic rings. The number of halogens is 1. The van der Waals surface area contributed by atoms with Crippen LogP contribution in [0.2, 0.25) is 5.02 Å². The summed E-state index contributed by atoms with van der Waals surface area (Å²) in [6.07, 6.45) is 0.115. The number of hydrogen-bond acceptors (Lipinski definition) is 6. The average molecular weight is 360 g/mol. The molecule has 1 amide bonds. The van der Waals surface area contributed by atoms with Crippen LogP contribution >= 0.6 is 11.6 Å². The highest BCUT2D eigenvalue weighted by Crippen LogP contribution is 2.37. The van der Waals surface area contributed by atoms with E-state index >= 15 is 0 Å². The number of nitro groups is 1. The smallest absolute Gasteiger partial charge is 0.270 e. The summed E-state index contributed by atoms with van der Waals surface area (Å²) >= 11 is 6.23. The Morgan fingerprint density at radius 1 is 1.16 bits per heavy atom. The van der Waals surface area contributed by atoms with Gasteiger partial charge in [0.25, 0.3) is 5.69 Å². The first-order valence-electron chi connectivity index (χ1n) is 7.26. The van der Waals surface area contributed by atoms with Gasteiger partial charge in [-0.05, 0) is 23.8 Å². The van der Waals surface area contributed by atoms with E-state index in [0.717, 1.165) is 0 Å². The van der Waals surface area contributed by atoms with Crippen molar-refractivity contribution in [1.29, 1.82) is 0 Å². The maximum atomic E-state index is 11.9. The number of rotatable bonds is 2. The Bertz CT molecular complexity index is 957. The van der Waals surface area contributed by atoms with Gasteiger partial charge in [0, 0.05) is 23.3 Å². The van der Waals surface area contributed by atoms with Crippen LogP contribution in [0.1, 0.15) is 16.7 Å². The Morgan fingerprint density at radius 3 is 2.64 bits per heavy atom. The number of amides is 1. The molecule has 0 aromatic heterocycles. The lowest BCUT2D eigenvalue weighted by molar-refractivity contribution is -0.384. The number of ether oxygens (including phenoxy) is 2. The van der Waals surface area contributed by atoms with Gasteiger partial charge in [-0.25, -0.2) is 5.43 Å². The molecule has 9 heteroatoms. The molecule has 0 saturated carbocycles. The number of nitro benzene ring substituents is 1. The fourth-order valence-corrected chi connectivity index (χ4v) is 3.02. The van der Waals surface area contributed by atoms with E-state index in [4.69, 9.17) is 21.1 Å². The van der Waals surface area contributed by atoms with E-state index in [1.54, 1.807) is 12.1 Å². The second kappa shape index (κ2) is 5.75. The number of non-ortho nitro benzene ring substituents is 1. The molecule has 2 heterocycles. The molecule has 0 spiro atoms. The molecule has 0 bridgehead atoms. The van der Waals surface area contributed by atoms with Crippen LogP contribution in [0.4, 0.5) is 5.69 Å².